The van der Waals surface area contributed by atoms with Crippen LogP contribution in [0.5, 0.6) is 5.75 Å². The third-order valence-electron chi connectivity index (χ3n) is 7.09. The second-order valence-corrected chi connectivity index (χ2v) is 9.61. The molecular weight excluding hydrogens is 462 g/mol. The van der Waals surface area contributed by atoms with Gasteiger partial charge in [0.15, 0.2) is 0 Å². The molecular formula is C30H33N5O2. The summed E-state index contributed by atoms with van der Waals surface area (Å²) >= 11 is 0. The van der Waals surface area contributed by atoms with Crippen LogP contribution in [0, 0.1) is 6.92 Å². The SMILES string of the molecule is C=CC(=O)Nc1cc(-c2c(-c3ccc(CN4CCN(C)CC4)cc3)[nH]c3nccc(OC)c23)ccc1C. The highest BCUT2D eigenvalue weighted by Crippen LogP contribution is 2.42. The minimum Gasteiger partial charge on any atom is -0.496 e. The number of anilines is 1. The van der Waals surface area contributed by atoms with Gasteiger partial charge in [-0.15, -0.1) is 0 Å². The average Bonchev–Trinajstić information content (AvgIpc) is 3.31. The second-order valence-electron chi connectivity index (χ2n) is 9.61. The molecule has 1 saturated heterocycles. The van der Waals surface area contributed by atoms with E-state index in [2.05, 4.69) is 69.0 Å². The molecule has 37 heavy (non-hydrogen) atoms. The van der Waals surface area contributed by atoms with Crippen molar-refractivity contribution in [3.05, 3.63) is 78.5 Å². The highest BCUT2D eigenvalue weighted by molar-refractivity contribution is 6.06. The minimum absolute atomic E-state index is 0.241. The van der Waals surface area contributed by atoms with Crippen LogP contribution in [0.3, 0.4) is 0 Å². The first-order valence-electron chi connectivity index (χ1n) is 12.6. The summed E-state index contributed by atoms with van der Waals surface area (Å²) in [6, 6.07) is 16.7. The van der Waals surface area contributed by atoms with E-state index in [1.54, 1.807) is 13.3 Å². The molecule has 0 bridgehead atoms. The van der Waals surface area contributed by atoms with Crippen LogP contribution in [-0.4, -0.2) is 66.0 Å². The first-order valence-corrected chi connectivity index (χ1v) is 12.6. The Labute approximate surface area is 217 Å². The molecule has 5 rings (SSSR count). The molecule has 1 amide bonds. The largest absolute Gasteiger partial charge is 0.496 e. The summed E-state index contributed by atoms with van der Waals surface area (Å²) in [7, 11) is 3.85. The summed E-state index contributed by atoms with van der Waals surface area (Å²) in [5.74, 6) is 0.501. The third-order valence-corrected chi connectivity index (χ3v) is 7.09. The lowest BCUT2D eigenvalue weighted by Crippen LogP contribution is -2.43. The van der Waals surface area contributed by atoms with E-state index in [0.717, 1.165) is 83.1 Å². The molecule has 4 aromatic rings. The highest BCUT2D eigenvalue weighted by Gasteiger charge is 2.21. The number of nitrogens with zero attached hydrogens (tertiary/aromatic N) is 3. The maximum Gasteiger partial charge on any atom is 0.247 e. The van der Waals surface area contributed by atoms with Gasteiger partial charge in [-0.1, -0.05) is 43.0 Å². The molecule has 3 heterocycles. The van der Waals surface area contributed by atoms with E-state index in [0.29, 0.717) is 0 Å². The molecule has 0 aliphatic carbocycles. The number of nitrogens with one attached hydrogen (secondary N) is 2. The van der Waals surface area contributed by atoms with Gasteiger partial charge in [-0.25, -0.2) is 4.98 Å². The van der Waals surface area contributed by atoms with Gasteiger partial charge in [-0.2, -0.15) is 0 Å². The van der Waals surface area contributed by atoms with Crippen LogP contribution in [-0.2, 0) is 11.3 Å². The quantitative estimate of drug-likeness (QED) is 0.350. The van der Waals surface area contributed by atoms with E-state index < -0.39 is 0 Å². The number of hydrogen-bond acceptors (Lipinski definition) is 5. The Morgan fingerprint density at radius 2 is 1.84 bits per heavy atom. The Balaban J connectivity index is 1.56. The molecule has 2 aromatic carbocycles. The number of piperazine rings is 1. The lowest BCUT2D eigenvalue weighted by atomic mass is 9.96. The Bertz CT molecular complexity index is 1430. The van der Waals surface area contributed by atoms with Gasteiger partial charge in [0.1, 0.15) is 11.4 Å². The van der Waals surface area contributed by atoms with Crippen molar-refractivity contribution in [3.8, 4) is 28.1 Å². The summed E-state index contributed by atoms with van der Waals surface area (Å²) in [6.45, 7) is 10.9. The minimum atomic E-state index is -0.241. The van der Waals surface area contributed by atoms with Crippen molar-refractivity contribution in [1.82, 2.24) is 19.8 Å². The number of aromatic amines is 1. The van der Waals surface area contributed by atoms with Crippen LogP contribution >= 0.6 is 0 Å². The number of likely N-dealkylation sites (N-methyl/N-ethyl adjacent to an activating group) is 1. The number of carbonyl (C=O) groups excluding carboxylic acids is 1. The zero-order valence-electron chi connectivity index (χ0n) is 21.7. The van der Waals surface area contributed by atoms with Gasteiger partial charge in [0.05, 0.1) is 18.2 Å². The lowest BCUT2D eigenvalue weighted by Gasteiger charge is -2.32. The molecule has 1 aliphatic heterocycles. The molecule has 1 aliphatic rings. The van der Waals surface area contributed by atoms with Crippen LogP contribution in [0.2, 0.25) is 0 Å². The Kier molecular flexibility index (Phi) is 7.08. The van der Waals surface area contributed by atoms with Gasteiger partial charge >= 0.3 is 0 Å². The van der Waals surface area contributed by atoms with Crippen molar-refractivity contribution in [3.63, 3.8) is 0 Å². The Hall–Kier alpha value is -3.94. The number of aromatic nitrogens is 2. The number of hydrogen-bond donors (Lipinski definition) is 2. The van der Waals surface area contributed by atoms with E-state index in [1.807, 2.05) is 25.1 Å². The molecule has 0 spiro atoms. The van der Waals surface area contributed by atoms with Crippen molar-refractivity contribution < 1.29 is 9.53 Å². The average molecular weight is 496 g/mol. The number of benzene rings is 2. The van der Waals surface area contributed by atoms with Gasteiger partial charge in [0.25, 0.3) is 0 Å². The molecule has 0 radical (unpaired) electrons. The number of methoxy groups -OCH3 is 1. The smallest absolute Gasteiger partial charge is 0.247 e. The number of aryl methyl sites for hydroxylation is 1. The Morgan fingerprint density at radius 3 is 2.54 bits per heavy atom. The van der Waals surface area contributed by atoms with E-state index in [4.69, 9.17) is 4.74 Å². The van der Waals surface area contributed by atoms with Crippen molar-refractivity contribution in [2.24, 2.45) is 0 Å². The number of amides is 1. The number of H-pyrrole nitrogens is 1. The summed E-state index contributed by atoms with van der Waals surface area (Å²) < 4.78 is 5.73. The molecule has 7 heteroatoms. The van der Waals surface area contributed by atoms with Crippen LogP contribution in [0.1, 0.15) is 11.1 Å². The molecule has 0 saturated carbocycles. The van der Waals surface area contributed by atoms with Gasteiger partial charge in [-0.3, -0.25) is 9.69 Å². The zero-order valence-corrected chi connectivity index (χ0v) is 21.7. The predicted molar refractivity (Wildman–Crippen MR) is 150 cm³/mol. The second kappa shape index (κ2) is 10.6. The molecule has 1 fully saturated rings. The maximum absolute atomic E-state index is 12.1. The molecule has 0 atom stereocenters. The fourth-order valence-corrected chi connectivity index (χ4v) is 4.90. The van der Waals surface area contributed by atoms with Crippen LogP contribution in [0.4, 0.5) is 5.69 Å². The fraction of sp³-hybridized carbons (Fsp3) is 0.267. The summed E-state index contributed by atoms with van der Waals surface area (Å²) in [6.07, 6.45) is 3.02. The first-order chi connectivity index (χ1) is 18.0. The first kappa shape index (κ1) is 24.7. The molecule has 7 nitrogen and oxygen atoms in total. The number of carbonyl (C=O) groups is 1. The van der Waals surface area contributed by atoms with E-state index in [1.165, 1.54) is 11.6 Å². The van der Waals surface area contributed by atoms with Crippen LogP contribution in [0.15, 0.2) is 67.4 Å². The van der Waals surface area contributed by atoms with Crippen LogP contribution < -0.4 is 10.1 Å². The van der Waals surface area contributed by atoms with Gasteiger partial charge in [0.2, 0.25) is 5.91 Å². The third kappa shape index (κ3) is 5.14. The van der Waals surface area contributed by atoms with Gasteiger partial charge < -0.3 is 19.9 Å². The van der Waals surface area contributed by atoms with Crippen molar-refractivity contribution >= 4 is 22.6 Å². The molecule has 0 unspecified atom stereocenters. The van der Waals surface area contributed by atoms with Gasteiger partial charge in [0, 0.05) is 50.2 Å². The predicted octanol–water partition coefficient (Wildman–Crippen LogP) is 5.09. The van der Waals surface area contributed by atoms with E-state index >= 15 is 0 Å². The monoisotopic (exact) mass is 495 g/mol. The Morgan fingerprint density at radius 1 is 1.11 bits per heavy atom. The fourth-order valence-electron chi connectivity index (χ4n) is 4.90. The molecule has 190 valence electrons. The van der Waals surface area contributed by atoms with Crippen molar-refractivity contribution in [2.45, 2.75) is 13.5 Å². The van der Waals surface area contributed by atoms with Gasteiger partial charge in [-0.05, 0) is 54.4 Å². The van der Waals surface area contributed by atoms with Crippen molar-refractivity contribution in [1.29, 1.82) is 0 Å². The number of pyridine rings is 1. The topological polar surface area (TPSA) is 73.5 Å². The van der Waals surface area contributed by atoms with E-state index in [-0.39, 0.29) is 5.91 Å². The highest BCUT2D eigenvalue weighted by atomic mass is 16.5. The van der Waals surface area contributed by atoms with E-state index in [9.17, 15) is 4.79 Å². The number of fused-ring (bicyclic) bond motifs is 1. The normalized spacial score (nSPS) is 14.6. The van der Waals surface area contributed by atoms with Crippen LogP contribution in [0.25, 0.3) is 33.4 Å². The molecule has 2 aromatic heterocycles. The van der Waals surface area contributed by atoms with Crippen molar-refractivity contribution in [2.75, 3.05) is 45.7 Å². The number of ether oxygens (including phenoxy) is 1. The lowest BCUT2D eigenvalue weighted by molar-refractivity contribution is -0.111. The summed E-state index contributed by atoms with van der Waals surface area (Å²) in [4.78, 5) is 25.1. The summed E-state index contributed by atoms with van der Waals surface area (Å²) in [5, 5.41) is 3.83. The number of rotatable bonds is 7. The summed E-state index contributed by atoms with van der Waals surface area (Å²) in [5.41, 5.74) is 7.73. The maximum atomic E-state index is 12.1. The molecule has 2 N–H and O–H groups in total. The standard InChI is InChI=1S/C30H33N5O2/c1-5-26(36)32-24-18-23(9-6-20(24)2)27-28-25(37-4)12-13-31-30(28)33-29(27)22-10-7-21(8-11-22)19-35-16-14-34(3)15-17-35/h5-13,18H,1,14-17,19H2,2-4H3,(H,31,33)(H,32,36). The zero-order chi connectivity index (χ0) is 25.9.